The van der Waals surface area contributed by atoms with Gasteiger partial charge in [-0.3, -0.25) is 0 Å². The van der Waals surface area contributed by atoms with Crippen LogP contribution in [0.15, 0.2) is 58.3 Å². The van der Waals surface area contributed by atoms with Gasteiger partial charge in [0.05, 0.1) is 0 Å². The van der Waals surface area contributed by atoms with Gasteiger partial charge in [0, 0.05) is 9.79 Å². The van der Waals surface area contributed by atoms with E-state index in [0.29, 0.717) is 0 Å². The van der Waals surface area contributed by atoms with Crippen molar-refractivity contribution in [3.8, 4) is 11.1 Å². The van der Waals surface area contributed by atoms with Crippen molar-refractivity contribution >= 4 is 25.3 Å². The van der Waals surface area contributed by atoms with Gasteiger partial charge in [0.25, 0.3) is 0 Å². The van der Waals surface area contributed by atoms with Crippen molar-refractivity contribution in [1.82, 2.24) is 0 Å². The van der Waals surface area contributed by atoms with Crippen LogP contribution in [0.4, 0.5) is 0 Å². The second-order valence-electron chi connectivity index (χ2n) is 3.09. The minimum absolute atomic E-state index is 0. The minimum atomic E-state index is 0. The molecule has 16 heavy (non-hydrogen) atoms. The Morgan fingerprint density at radius 2 is 0.812 bits per heavy atom. The van der Waals surface area contributed by atoms with E-state index in [9.17, 15) is 0 Å². The van der Waals surface area contributed by atoms with Crippen molar-refractivity contribution in [2.75, 3.05) is 0 Å². The first-order chi connectivity index (χ1) is 6.75. The molecule has 2 aromatic carbocycles. The monoisotopic (exact) mass is 298 g/mol. The summed E-state index contributed by atoms with van der Waals surface area (Å²) in [6.07, 6.45) is 0. The van der Waals surface area contributed by atoms with Gasteiger partial charge in [0.2, 0.25) is 0 Å². The molecule has 0 fully saturated rings. The maximum absolute atomic E-state index is 4.25. The molecule has 2 aromatic rings. The van der Waals surface area contributed by atoms with Crippen LogP contribution >= 0.6 is 25.3 Å². The van der Waals surface area contributed by atoms with Crippen LogP contribution in [0, 0.1) is 0 Å². The molecule has 2 rings (SSSR count). The molecule has 0 heterocycles. The van der Waals surface area contributed by atoms with E-state index in [0.717, 1.165) is 9.79 Å². The summed E-state index contributed by atoms with van der Waals surface area (Å²) in [7, 11) is 0. The summed E-state index contributed by atoms with van der Waals surface area (Å²) in [5.74, 6) is 0. The summed E-state index contributed by atoms with van der Waals surface area (Å²) < 4.78 is 0. The predicted molar refractivity (Wildman–Crippen MR) is 68.6 cm³/mol. The van der Waals surface area contributed by atoms with Gasteiger partial charge in [-0.2, -0.15) is 0 Å². The van der Waals surface area contributed by atoms with Crippen molar-refractivity contribution in [1.29, 1.82) is 0 Å². The van der Waals surface area contributed by atoms with Gasteiger partial charge in [0.15, 0.2) is 0 Å². The van der Waals surface area contributed by atoms with Gasteiger partial charge in [-0.05, 0) is 35.4 Å². The standard InChI is InChI=1S/C12H10S2.2K.2H/c13-11-5-1-9(2-6-11)10-3-7-12(14)8-4-10;;;;/h1-8,13-14H;;;;/q;2*+1;2*-1. The Balaban J connectivity index is -0.000000562. The summed E-state index contributed by atoms with van der Waals surface area (Å²) in [6, 6.07) is 16.2. The molecule has 0 unspecified atom stereocenters. The molecule has 4 heteroatoms. The quantitative estimate of drug-likeness (QED) is 0.449. The van der Waals surface area contributed by atoms with Crippen LogP contribution in [-0.4, -0.2) is 0 Å². The number of benzene rings is 2. The Morgan fingerprint density at radius 1 is 0.562 bits per heavy atom. The molecule has 0 radical (unpaired) electrons. The van der Waals surface area contributed by atoms with Crippen LogP contribution in [0.3, 0.4) is 0 Å². The molecule has 0 saturated carbocycles. The third kappa shape index (κ3) is 5.59. The van der Waals surface area contributed by atoms with Crippen LogP contribution in [0.2, 0.25) is 0 Å². The Kier molecular flexibility index (Phi) is 10.7. The van der Waals surface area contributed by atoms with Gasteiger partial charge in [-0.25, -0.2) is 0 Å². The van der Waals surface area contributed by atoms with Gasteiger partial charge >= 0.3 is 103 Å². The first-order valence-corrected chi connectivity index (χ1v) is 5.23. The second kappa shape index (κ2) is 9.34. The van der Waals surface area contributed by atoms with Crippen molar-refractivity contribution in [3.63, 3.8) is 0 Å². The Hall–Kier alpha value is 2.41. The van der Waals surface area contributed by atoms with Gasteiger partial charge in [-0.15, -0.1) is 25.3 Å². The van der Waals surface area contributed by atoms with E-state index in [4.69, 9.17) is 0 Å². The zero-order valence-corrected chi connectivity index (χ0v) is 17.5. The molecule has 0 aromatic heterocycles. The van der Waals surface area contributed by atoms with E-state index in [-0.39, 0.29) is 106 Å². The number of rotatable bonds is 1. The van der Waals surface area contributed by atoms with Crippen molar-refractivity contribution in [3.05, 3.63) is 48.5 Å². The van der Waals surface area contributed by atoms with E-state index < -0.39 is 0 Å². The Bertz CT molecular complexity index is 389. The molecule has 0 nitrogen and oxygen atoms in total. The molecule has 0 saturated heterocycles. The molecule has 0 amide bonds. The van der Waals surface area contributed by atoms with E-state index >= 15 is 0 Å². The summed E-state index contributed by atoms with van der Waals surface area (Å²) in [5.41, 5.74) is 2.41. The van der Waals surface area contributed by atoms with Gasteiger partial charge in [0.1, 0.15) is 0 Å². The van der Waals surface area contributed by atoms with Crippen LogP contribution in [-0.2, 0) is 0 Å². The normalized spacial score (nSPS) is 8.88. The summed E-state index contributed by atoms with van der Waals surface area (Å²) in [6.45, 7) is 0. The fourth-order valence-corrected chi connectivity index (χ4v) is 1.61. The first-order valence-electron chi connectivity index (χ1n) is 4.34. The second-order valence-corrected chi connectivity index (χ2v) is 4.13. The van der Waals surface area contributed by atoms with Gasteiger partial charge < -0.3 is 2.85 Å². The average Bonchev–Trinajstić information content (AvgIpc) is 2.21. The molecule has 0 spiro atoms. The summed E-state index contributed by atoms with van der Waals surface area (Å²) >= 11 is 8.50. The maximum atomic E-state index is 4.25. The molecule has 0 aliphatic carbocycles. The van der Waals surface area contributed by atoms with Crippen molar-refractivity contribution < 1.29 is 106 Å². The molecule has 0 atom stereocenters. The van der Waals surface area contributed by atoms with E-state index in [2.05, 4.69) is 49.5 Å². The van der Waals surface area contributed by atoms with Crippen molar-refractivity contribution in [2.24, 2.45) is 0 Å². The number of hydrogen-bond acceptors (Lipinski definition) is 2. The van der Waals surface area contributed by atoms with Crippen LogP contribution < -0.4 is 103 Å². The molecule has 0 bridgehead atoms. The van der Waals surface area contributed by atoms with Crippen LogP contribution in [0.25, 0.3) is 11.1 Å². The third-order valence-corrected chi connectivity index (χ3v) is 2.66. The SMILES string of the molecule is Sc1ccc(-c2ccc(S)cc2)cc1.[H-].[H-].[K+].[K+]. The average molecular weight is 299 g/mol. The fraction of sp³-hybridized carbons (Fsp3) is 0. The molecule has 0 aliphatic heterocycles. The third-order valence-electron chi connectivity index (χ3n) is 2.07. The van der Waals surface area contributed by atoms with E-state index in [1.54, 1.807) is 0 Å². The van der Waals surface area contributed by atoms with Crippen molar-refractivity contribution in [2.45, 2.75) is 9.79 Å². The number of thiol groups is 2. The smallest absolute Gasteiger partial charge is 1.00 e. The number of hydrogen-bond donors (Lipinski definition) is 2. The van der Waals surface area contributed by atoms with E-state index in [1.807, 2.05) is 24.3 Å². The summed E-state index contributed by atoms with van der Waals surface area (Å²) in [5, 5.41) is 0. The zero-order chi connectivity index (χ0) is 9.97. The topological polar surface area (TPSA) is 0 Å². The van der Waals surface area contributed by atoms with E-state index in [1.165, 1.54) is 11.1 Å². The molecular weight excluding hydrogens is 286 g/mol. The molecule has 74 valence electrons. The van der Waals surface area contributed by atoms with Crippen LogP contribution in [0.1, 0.15) is 2.85 Å². The first kappa shape index (κ1) is 18.4. The summed E-state index contributed by atoms with van der Waals surface area (Å²) in [4.78, 5) is 1.97. The molecule has 0 aliphatic rings. The molecule has 0 N–H and O–H groups in total. The largest absolute Gasteiger partial charge is 1.00 e. The predicted octanol–water partition coefficient (Wildman–Crippen LogP) is -1.84. The van der Waals surface area contributed by atoms with Crippen LogP contribution in [0.5, 0.6) is 0 Å². The zero-order valence-electron chi connectivity index (χ0n) is 11.5. The minimum Gasteiger partial charge on any atom is -1.00 e. The fourth-order valence-electron chi connectivity index (χ4n) is 1.31. The Morgan fingerprint density at radius 3 is 1.06 bits per heavy atom. The van der Waals surface area contributed by atoms with Gasteiger partial charge in [-0.1, -0.05) is 24.3 Å². The Labute approximate surface area is 196 Å². The molecular formula is C12H12K2S2. The maximum Gasteiger partial charge on any atom is 1.00 e.